The Morgan fingerprint density at radius 2 is 2.19 bits per heavy atom. The number of urea groups is 1. The van der Waals surface area contributed by atoms with E-state index < -0.39 is 0 Å². The van der Waals surface area contributed by atoms with Gasteiger partial charge < -0.3 is 10.4 Å². The second-order valence-electron chi connectivity index (χ2n) is 5.62. The molecule has 0 fully saturated rings. The van der Waals surface area contributed by atoms with Gasteiger partial charge in [-0.05, 0) is 36.5 Å². The molecule has 0 aromatic heterocycles. The molecule has 6 heteroatoms. The molecule has 4 N–H and O–H groups in total. The standard InChI is InChI=1S/C15H22N4O2/c1-15(2,11-20)7-4-8-17-14(21)19-18-13-6-3-5-12(9-13)10-16/h3,5-6,9,18,20H,4,7-8,11H2,1-2H3,(H2,17,19,21). The predicted octanol–water partition coefficient (Wildman–Crippen LogP) is 1.98. The molecule has 21 heavy (non-hydrogen) atoms. The van der Waals surface area contributed by atoms with Crippen molar-refractivity contribution in [1.82, 2.24) is 10.7 Å². The van der Waals surface area contributed by atoms with E-state index in [1.807, 2.05) is 19.9 Å². The fourth-order valence-corrected chi connectivity index (χ4v) is 1.69. The Bertz CT molecular complexity index is 509. The van der Waals surface area contributed by atoms with E-state index in [0.717, 1.165) is 12.8 Å². The molecule has 0 aliphatic carbocycles. The maximum Gasteiger partial charge on any atom is 0.333 e. The van der Waals surface area contributed by atoms with Gasteiger partial charge in [0.2, 0.25) is 0 Å². The van der Waals surface area contributed by atoms with Crippen LogP contribution in [0.2, 0.25) is 0 Å². The van der Waals surface area contributed by atoms with Gasteiger partial charge in [0.25, 0.3) is 0 Å². The largest absolute Gasteiger partial charge is 0.396 e. The lowest BCUT2D eigenvalue weighted by Gasteiger charge is -2.21. The van der Waals surface area contributed by atoms with Crippen molar-refractivity contribution in [2.45, 2.75) is 26.7 Å². The van der Waals surface area contributed by atoms with Gasteiger partial charge in [0.05, 0.1) is 17.3 Å². The molecule has 0 saturated carbocycles. The number of carbonyl (C=O) groups excluding carboxylic acids is 1. The van der Waals surface area contributed by atoms with Gasteiger partial charge in [-0.25, -0.2) is 4.79 Å². The summed E-state index contributed by atoms with van der Waals surface area (Å²) in [5.41, 5.74) is 6.29. The van der Waals surface area contributed by atoms with Gasteiger partial charge >= 0.3 is 6.03 Å². The summed E-state index contributed by atoms with van der Waals surface area (Å²) in [6.45, 7) is 4.64. The average molecular weight is 290 g/mol. The van der Waals surface area contributed by atoms with Crippen molar-refractivity contribution in [3.05, 3.63) is 29.8 Å². The lowest BCUT2D eigenvalue weighted by atomic mass is 9.89. The number of nitriles is 1. The zero-order valence-electron chi connectivity index (χ0n) is 12.4. The summed E-state index contributed by atoms with van der Waals surface area (Å²) < 4.78 is 0. The van der Waals surface area contributed by atoms with Crippen molar-refractivity contribution >= 4 is 11.7 Å². The van der Waals surface area contributed by atoms with Crippen molar-refractivity contribution in [3.8, 4) is 6.07 Å². The van der Waals surface area contributed by atoms with Gasteiger partial charge in [0.1, 0.15) is 0 Å². The average Bonchev–Trinajstić information content (AvgIpc) is 2.50. The van der Waals surface area contributed by atoms with Crippen molar-refractivity contribution in [3.63, 3.8) is 0 Å². The van der Waals surface area contributed by atoms with E-state index >= 15 is 0 Å². The highest BCUT2D eigenvalue weighted by molar-refractivity contribution is 5.75. The molecule has 0 aliphatic heterocycles. The first-order valence-corrected chi connectivity index (χ1v) is 6.88. The smallest absolute Gasteiger partial charge is 0.333 e. The Labute approximate surface area is 125 Å². The molecule has 1 aromatic rings. The third-order valence-electron chi connectivity index (χ3n) is 3.06. The Balaban J connectivity index is 2.24. The van der Waals surface area contributed by atoms with Crippen molar-refractivity contribution in [2.24, 2.45) is 5.41 Å². The van der Waals surface area contributed by atoms with E-state index in [0.29, 0.717) is 17.8 Å². The van der Waals surface area contributed by atoms with Crippen LogP contribution in [0.25, 0.3) is 0 Å². The zero-order valence-corrected chi connectivity index (χ0v) is 12.4. The summed E-state index contributed by atoms with van der Waals surface area (Å²) in [6.07, 6.45) is 1.63. The van der Waals surface area contributed by atoms with Crippen LogP contribution in [0.15, 0.2) is 24.3 Å². The first-order valence-electron chi connectivity index (χ1n) is 6.88. The fourth-order valence-electron chi connectivity index (χ4n) is 1.69. The van der Waals surface area contributed by atoms with Crippen LogP contribution >= 0.6 is 0 Å². The molecule has 0 saturated heterocycles. The lowest BCUT2D eigenvalue weighted by Crippen LogP contribution is -2.39. The normalized spacial score (nSPS) is 10.6. The lowest BCUT2D eigenvalue weighted by molar-refractivity contribution is 0.148. The monoisotopic (exact) mass is 290 g/mol. The zero-order chi connectivity index (χ0) is 15.7. The summed E-state index contributed by atoms with van der Waals surface area (Å²) in [5.74, 6) is 0. The summed E-state index contributed by atoms with van der Waals surface area (Å²) in [7, 11) is 0. The molecule has 1 rings (SSSR count). The Kier molecular flexibility index (Phi) is 6.50. The number of nitrogens with zero attached hydrogens (tertiary/aromatic N) is 1. The molecular weight excluding hydrogens is 268 g/mol. The van der Waals surface area contributed by atoms with Crippen molar-refractivity contribution < 1.29 is 9.90 Å². The molecule has 0 radical (unpaired) electrons. The maximum atomic E-state index is 11.6. The molecule has 2 amide bonds. The quantitative estimate of drug-likeness (QED) is 0.456. The molecule has 114 valence electrons. The highest BCUT2D eigenvalue weighted by Crippen LogP contribution is 2.20. The number of anilines is 1. The maximum absolute atomic E-state index is 11.6. The van der Waals surface area contributed by atoms with Gasteiger partial charge in [0.15, 0.2) is 0 Å². The van der Waals surface area contributed by atoms with E-state index in [9.17, 15) is 4.79 Å². The van der Waals surface area contributed by atoms with E-state index in [4.69, 9.17) is 10.4 Å². The number of hydrazine groups is 1. The molecule has 1 aromatic carbocycles. The van der Waals surface area contributed by atoms with Gasteiger partial charge in [-0.3, -0.25) is 10.9 Å². The van der Waals surface area contributed by atoms with Crippen LogP contribution in [0.3, 0.4) is 0 Å². The third kappa shape index (κ3) is 6.63. The second-order valence-corrected chi connectivity index (χ2v) is 5.62. The molecule has 0 bridgehead atoms. The van der Waals surface area contributed by atoms with Gasteiger partial charge in [-0.1, -0.05) is 19.9 Å². The minimum atomic E-state index is -0.334. The van der Waals surface area contributed by atoms with Crippen LogP contribution in [-0.4, -0.2) is 24.3 Å². The Hall–Kier alpha value is -2.26. The number of rotatable bonds is 7. The summed E-state index contributed by atoms with van der Waals surface area (Å²) in [5, 5.41) is 20.6. The summed E-state index contributed by atoms with van der Waals surface area (Å²) in [6, 6.07) is 8.51. The molecular formula is C15H22N4O2. The topological polar surface area (TPSA) is 97.2 Å². The minimum Gasteiger partial charge on any atom is -0.396 e. The molecule has 0 atom stereocenters. The second kappa shape index (κ2) is 8.12. The van der Waals surface area contributed by atoms with Crippen LogP contribution in [0.4, 0.5) is 10.5 Å². The van der Waals surface area contributed by atoms with Crippen LogP contribution < -0.4 is 16.2 Å². The van der Waals surface area contributed by atoms with Crippen LogP contribution in [0, 0.1) is 16.7 Å². The van der Waals surface area contributed by atoms with Crippen LogP contribution in [0.5, 0.6) is 0 Å². The van der Waals surface area contributed by atoms with Gasteiger partial charge in [-0.15, -0.1) is 0 Å². The Morgan fingerprint density at radius 1 is 1.43 bits per heavy atom. The Morgan fingerprint density at radius 3 is 2.86 bits per heavy atom. The van der Waals surface area contributed by atoms with E-state index in [2.05, 4.69) is 16.2 Å². The molecule has 6 nitrogen and oxygen atoms in total. The van der Waals surface area contributed by atoms with Crippen LogP contribution in [-0.2, 0) is 0 Å². The van der Waals surface area contributed by atoms with Gasteiger partial charge in [0, 0.05) is 13.2 Å². The highest BCUT2D eigenvalue weighted by Gasteiger charge is 2.15. The number of aliphatic hydroxyl groups excluding tert-OH is 1. The van der Waals surface area contributed by atoms with Gasteiger partial charge in [-0.2, -0.15) is 5.26 Å². The van der Waals surface area contributed by atoms with Crippen molar-refractivity contribution in [1.29, 1.82) is 5.26 Å². The molecule has 0 aliphatic rings. The SMILES string of the molecule is CC(C)(CO)CCCNC(=O)NNc1cccc(C#N)c1. The van der Waals surface area contributed by atoms with E-state index in [1.54, 1.807) is 24.3 Å². The molecule has 0 heterocycles. The number of aliphatic hydroxyl groups is 1. The number of hydrogen-bond acceptors (Lipinski definition) is 4. The first-order chi connectivity index (χ1) is 9.96. The predicted molar refractivity (Wildman–Crippen MR) is 81.4 cm³/mol. The summed E-state index contributed by atoms with van der Waals surface area (Å²) in [4.78, 5) is 11.6. The fraction of sp³-hybridized carbons (Fsp3) is 0.467. The van der Waals surface area contributed by atoms with E-state index in [-0.39, 0.29) is 18.1 Å². The number of nitrogens with one attached hydrogen (secondary N) is 3. The number of carbonyl (C=O) groups is 1. The third-order valence-corrected chi connectivity index (χ3v) is 3.06. The number of amides is 2. The van der Waals surface area contributed by atoms with Crippen LogP contribution in [0.1, 0.15) is 32.3 Å². The minimum absolute atomic E-state index is 0.117. The summed E-state index contributed by atoms with van der Waals surface area (Å²) >= 11 is 0. The number of benzene rings is 1. The van der Waals surface area contributed by atoms with Crippen molar-refractivity contribution in [2.75, 3.05) is 18.6 Å². The van der Waals surface area contributed by atoms with E-state index in [1.165, 1.54) is 0 Å². The number of hydrogen-bond donors (Lipinski definition) is 4. The first kappa shape index (κ1) is 16.8. The molecule has 0 unspecified atom stereocenters. The highest BCUT2D eigenvalue weighted by atomic mass is 16.3. The molecule has 0 spiro atoms.